The topological polar surface area (TPSA) is 51.2 Å². The molecule has 0 spiro atoms. The van der Waals surface area contributed by atoms with Crippen molar-refractivity contribution in [2.75, 3.05) is 0 Å². The fourth-order valence-corrected chi connectivity index (χ4v) is 2.32. The SMILES string of the molecule is CCC(=O)CCC(C)C(C)=O.CCC(C)Cc1ccccc1C(C)=O. The van der Waals surface area contributed by atoms with Gasteiger partial charge >= 0.3 is 0 Å². The number of hydrogen-bond acceptors (Lipinski definition) is 3. The van der Waals surface area contributed by atoms with E-state index in [0.29, 0.717) is 25.2 Å². The summed E-state index contributed by atoms with van der Waals surface area (Å²) in [6.45, 7) is 11.3. The van der Waals surface area contributed by atoms with Crippen LogP contribution in [0.25, 0.3) is 0 Å². The maximum atomic E-state index is 11.3. The van der Waals surface area contributed by atoms with Gasteiger partial charge < -0.3 is 0 Å². The number of benzene rings is 1. The zero-order valence-corrected chi connectivity index (χ0v) is 16.7. The molecule has 0 aromatic heterocycles. The van der Waals surface area contributed by atoms with Crippen molar-refractivity contribution in [1.29, 1.82) is 0 Å². The van der Waals surface area contributed by atoms with Gasteiger partial charge in [0.15, 0.2) is 5.78 Å². The van der Waals surface area contributed by atoms with Crippen LogP contribution in [0.15, 0.2) is 24.3 Å². The van der Waals surface area contributed by atoms with E-state index in [4.69, 9.17) is 0 Å². The van der Waals surface area contributed by atoms with Gasteiger partial charge in [-0.2, -0.15) is 0 Å². The van der Waals surface area contributed by atoms with E-state index >= 15 is 0 Å². The minimum atomic E-state index is 0.0468. The van der Waals surface area contributed by atoms with Gasteiger partial charge in [-0.3, -0.25) is 14.4 Å². The molecule has 0 saturated heterocycles. The molecule has 0 aliphatic heterocycles. The molecule has 0 heterocycles. The Morgan fingerprint density at radius 3 is 2.08 bits per heavy atom. The summed E-state index contributed by atoms with van der Waals surface area (Å²) in [4.78, 5) is 32.9. The Hall–Kier alpha value is -1.77. The quantitative estimate of drug-likeness (QED) is 0.559. The van der Waals surface area contributed by atoms with E-state index in [1.807, 2.05) is 32.0 Å². The summed E-state index contributed by atoms with van der Waals surface area (Å²) in [5.41, 5.74) is 2.07. The minimum Gasteiger partial charge on any atom is -0.300 e. The molecule has 2 atom stereocenters. The highest BCUT2D eigenvalue weighted by molar-refractivity contribution is 5.95. The van der Waals surface area contributed by atoms with Gasteiger partial charge in [0.1, 0.15) is 11.6 Å². The van der Waals surface area contributed by atoms with Crippen LogP contribution in [0.3, 0.4) is 0 Å². The summed E-state index contributed by atoms with van der Waals surface area (Å²) >= 11 is 0. The van der Waals surface area contributed by atoms with Gasteiger partial charge in [0, 0.05) is 24.3 Å². The highest BCUT2D eigenvalue weighted by Gasteiger charge is 2.09. The standard InChI is InChI=1S/C13H18O.C9H16O2/c1-4-10(2)9-12-7-5-6-8-13(12)11(3)14;1-4-9(11)6-5-7(2)8(3)10/h5-8,10H,4,9H2,1-3H3;7H,4-6H2,1-3H3. The fourth-order valence-electron chi connectivity index (χ4n) is 2.32. The van der Waals surface area contributed by atoms with E-state index in [1.54, 1.807) is 13.8 Å². The maximum Gasteiger partial charge on any atom is 0.160 e. The molecule has 3 nitrogen and oxygen atoms in total. The van der Waals surface area contributed by atoms with Gasteiger partial charge in [-0.15, -0.1) is 0 Å². The van der Waals surface area contributed by atoms with Gasteiger partial charge in [-0.1, -0.05) is 58.4 Å². The molecule has 140 valence electrons. The number of carbonyl (C=O) groups is 3. The molecular formula is C22H34O3. The van der Waals surface area contributed by atoms with E-state index in [2.05, 4.69) is 19.9 Å². The summed E-state index contributed by atoms with van der Waals surface area (Å²) in [5, 5.41) is 0. The molecule has 2 unspecified atom stereocenters. The molecule has 1 rings (SSSR count). The second-order valence-corrected chi connectivity index (χ2v) is 6.87. The largest absolute Gasteiger partial charge is 0.300 e. The van der Waals surface area contributed by atoms with Crippen LogP contribution in [0, 0.1) is 11.8 Å². The molecule has 3 heteroatoms. The van der Waals surface area contributed by atoms with Gasteiger partial charge in [0.25, 0.3) is 0 Å². The third-order valence-corrected chi connectivity index (χ3v) is 4.61. The molecule has 1 aromatic carbocycles. The number of carbonyl (C=O) groups excluding carboxylic acids is 3. The zero-order valence-electron chi connectivity index (χ0n) is 16.7. The molecule has 25 heavy (non-hydrogen) atoms. The van der Waals surface area contributed by atoms with Crippen molar-refractivity contribution in [3.8, 4) is 0 Å². The summed E-state index contributed by atoms with van der Waals surface area (Å²) in [6, 6.07) is 7.91. The highest BCUT2D eigenvalue weighted by atomic mass is 16.1. The molecule has 0 aliphatic rings. The number of ketones is 3. The molecule has 0 amide bonds. The Labute approximate surface area is 153 Å². The monoisotopic (exact) mass is 346 g/mol. The molecule has 0 fully saturated rings. The van der Waals surface area contributed by atoms with Gasteiger partial charge in [0.2, 0.25) is 0 Å². The Kier molecular flexibility index (Phi) is 11.7. The lowest BCUT2D eigenvalue weighted by Gasteiger charge is -2.11. The molecule has 0 N–H and O–H groups in total. The summed E-state index contributed by atoms with van der Waals surface area (Å²) in [7, 11) is 0. The highest BCUT2D eigenvalue weighted by Crippen LogP contribution is 2.16. The van der Waals surface area contributed by atoms with Crippen LogP contribution >= 0.6 is 0 Å². The molecule has 0 saturated carbocycles. The third-order valence-electron chi connectivity index (χ3n) is 4.61. The van der Waals surface area contributed by atoms with Crippen molar-refractivity contribution < 1.29 is 14.4 Å². The van der Waals surface area contributed by atoms with Crippen LogP contribution in [-0.2, 0) is 16.0 Å². The zero-order chi connectivity index (χ0) is 19.4. The predicted octanol–water partition coefficient (Wildman–Crippen LogP) is 5.45. The van der Waals surface area contributed by atoms with Gasteiger partial charge in [-0.25, -0.2) is 0 Å². The summed E-state index contributed by atoms with van der Waals surface area (Å²) < 4.78 is 0. The average molecular weight is 347 g/mol. The fraction of sp³-hybridized carbons (Fsp3) is 0.591. The molecule has 0 radical (unpaired) electrons. The summed E-state index contributed by atoms with van der Waals surface area (Å²) in [5.74, 6) is 1.29. The van der Waals surface area contributed by atoms with E-state index < -0.39 is 0 Å². The van der Waals surface area contributed by atoms with Crippen LogP contribution in [0.4, 0.5) is 0 Å². The minimum absolute atomic E-state index is 0.0468. The normalized spacial score (nSPS) is 12.6. The first-order chi connectivity index (χ1) is 11.7. The van der Waals surface area contributed by atoms with E-state index in [-0.39, 0.29) is 23.3 Å². The van der Waals surface area contributed by atoms with Crippen LogP contribution < -0.4 is 0 Å². The third kappa shape index (κ3) is 9.96. The molecule has 1 aromatic rings. The van der Waals surface area contributed by atoms with E-state index in [1.165, 1.54) is 5.56 Å². The van der Waals surface area contributed by atoms with Crippen LogP contribution in [0.2, 0.25) is 0 Å². The number of hydrogen-bond donors (Lipinski definition) is 0. The second-order valence-electron chi connectivity index (χ2n) is 6.87. The van der Waals surface area contributed by atoms with Crippen LogP contribution in [0.5, 0.6) is 0 Å². The first kappa shape index (κ1) is 23.2. The molecule has 0 bridgehead atoms. The average Bonchev–Trinajstić information content (AvgIpc) is 2.59. The van der Waals surface area contributed by atoms with Crippen LogP contribution in [-0.4, -0.2) is 17.3 Å². The van der Waals surface area contributed by atoms with Crippen molar-refractivity contribution >= 4 is 17.3 Å². The van der Waals surface area contributed by atoms with Gasteiger partial charge in [-0.05, 0) is 38.2 Å². The summed E-state index contributed by atoms with van der Waals surface area (Å²) in [6.07, 6.45) is 4.02. The number of rotatable bonds is 9. The first-order valence-electron chi connectivity index (χ1n) is 9.33. The van der Waals surface area contributed by atoms with Crippen molar-refractivity contribution in [3.63, 3.8) is 0 Å². The molecular weight excluding hydrogens is 312 g/mol. The Morgan fingerprint density at radius 2 is 1.60 bits per heavy atom. The Morgan fingerprint density at radius 1 is 1.00 bits per heavy atom. The van der Waals surface area contributed by atoms with Crippen LogP contribution in [0.1, 0.15) is 83.1 Å². The maximum absolute atomic E-state index is 11.3. The number of Topliss-reactive ketones (excluding diaryl/α,β-unsaturated/α-hetero) is 3. The second kappa shape index (κ2) is 12.6. The van der Waals surface area contributed by atoms with E-state index in [0.717, 1.165) is 18.4 Å². The lowest BCUT2D eigenvalue weighted by Crippen LogP contribution is -2.08. The molecule has 0 aliphatic carbocycles. The first-order valence-corrected chi connectivity index (χ1v) is 9.33. The Bertz CT molecular complexity index is 560. The predicted molar refractivity (Wildman–Crippen MR) is 104 cm³/mol. The van der Waals surface area contributed by atoms with Crippen molar-refractivity contribution in [2.24, 2.45) is 11.8 Å². The van der Waals surface area contributed by atoms with Crippen molar-refractivity contribution in [3.05, 3.63) is 35.4 Å². The van der Waals surface area contributed by atoms with E-state index in [9.17, 15) is 14.4 Å². The van der Waals surface area contributed by atoms with Gasteiger partial charge in [0.05, 0.1) is 0 Å². The van der Waals surface area contributed by atoms with Crippen molar-refractivity contribution in [2.45, 2.75) is 73.6 Å². The van der Waals surface area contributed by atoms with Crippen molar-refractivity contribution in [1.82, 2.24) is 0 Å². The smallest absolute Gasteiger partial charge is 0.160 e. The lowest BCUT2D eigenvalue weighted by atomic mass is 9.94. The Balaban J connectivity index is 0.000000477. The lowest BCUT2D eigenvalue weighted by molar-refractivity contribution is -0.121.